The molecule has 0 saturated heterocycles. The molecule has 12 heteroatoms. The molecule has 2 aromatic rings. The zero-order chi connectivity index (χ0) is 20.9. The van der Waals surface area contributed by atoms with Crippen LogP contribution in [0.25, 0.3) is 0 Å². The van der Waals surface area contributed by atoms with Crippen molar-refractivity contribution in [2.75, 3.05) is 7.05 Å². The molecule has 1 atom stereocenters. The molecule has 0 amide bonds. The molecule has 1 aromatic carbocycles. The number of fused-ring (bicyclic) bond motifs is 1. The molecule has 0 spiro atoms. The average Bonchev–Trinajstić information content (AvgIpc) is 3.10. The van der Waals surface area contributed by atoms with Crippen molar-refractivity contribution < 1.29 is 35.5 Å². The van der Waals surface area contributed by atoms with E-state index in [1.807, 2.05) is 0 Å². The van der Waals surface area contributed by atoms with Gasteiger partial charge in [0, 0.05) is 37.0 Å². The summed E-state index contributed by atoms with van der Waals surface area (Å²) in [7, 11) is -4.38. The molecule has 3 rings (SSSR count). The lowest BCUT2D eigenvalue weighted by atomic mass is 10.0. The average molecular weight is 423 g/mol. The third kappa shape index (κ3) is 3.30. The molecule has 1 aromatic heterocycles. The Morgan fingerprint density at radius 3 is 2.68 bits per heavy atom. The van der Waals surface area contributed by atoms with Crippen LogP contribution in [0.15, 0.2) is 34.4 Å². The maximum atomic E-state index is 14.1. The quantitative estimate of drug-likeness (QED) is 0.605. The molecule has 0 bridgehead atoms. The van der Waals surface area contributed by atoms with E-state index in [4.69, 9.17) is 0 Å². The number of aromatic nitrogens is 2. The zero-order valence-electron chi connectivity index (χ0n) is 14.3. The van der Waals surface area contributed by atoms with Crippen LogP contribution in [-0.4, -0.2) is 48.0 Å². The van der Waals surface area contributed by atoms with E-state index in [0.29, 0.717) is 11.6 Å². The number of aliphatic hydroxyl groups is 1. The highest BCUT2D eigenvalue weighted by Crippen LogP contribution is 2.48. The van der Waals surface area contributed by atoms with Gasteiger partial charge in [0.05, 0.1) is 17.6 Å². The predicted molar refractivity (Wildman–Crippen MR) is 88.1 cm³/mol. The van der Waals surface area contributed by atoms with Gasteiger partial charge in [0.2, 0.25) is 0 Å². The van der Waals surface area contributed by atoms with Crippen molar-refractivity contribution in [3.63, 3.8) is 0 Å². The fourth-order valence-corrected chi connectivity index (χ4v) is 4.12. The minimum Gasteiger partial charge on any atom is -0.382 e. The molecule has 0 unspecified atom stereocenters. The summed E-state index contributed by atoms with van der Waals surface area (Å²) >= 11 is 0. The summed E-state index contributed by atoms with van der Waals surface area (Å²) in [5.74, 6) is -3.79. The van der Waals surface area contributed by atoms with Crippen LogP contribution in [0.1, 0.15) is 28.4 Å². The number of nitrogens with zero attached hydrogens (tertiary/aromatic N) is 3. The third-order valence-electron chi connectivity index (χ3n) is 4.36. The van der Waals surface area contributed by atoms with Crippen LogP contribution in [0, 0.1) is 0 Å². The molecule has 152 valence electrons. The lowest BCUT2D eigenvalue weighted by Gasteiger charge is -2.17. The molecule has 0 radical (unpaired) electrons. The maximum absolute atomic E-state index is 14.1. The van der Waals surface area contributed by atoms with Crippen molar-refractivity contribution in [2.24, 2.45) is 4.99 Å². The van der Waals surface area contributed by atoms with Crippen LogP contribution >= 0.6 is 0 Å². The van der Waals surface area contributed by atoms with Gasteiger partial charge in [0.1, 0.15) is 6.10 Å². The Balaban J connectivity index is 2.13. The SMILES string of the molecule is C/N=C\c1cnn(Cc2ccc(S(=O)(=O)C(F)(F)F)c3c2CC(F)(F)[C@H]3O)c1. The Morgan fingerprint density at radius 2 is 2.07 bits per heavy atom. The Labute approximate surface area is 156 Å². The highest BCUT2D eigenvalue weighted by atomic mass is 32.2. The van der Waals surface area contributed by atoms with Gasteiger partial charge in [-0.2, -0.15) is 18.3 Å². The number of aliphatic hydroxyl groups excluding tert-OH is 1. The Hall–Kier alpha value is -2.34. The van der Waals surface area contributed by atoms with Crippen LogP contribution in [0.5, 0.6) is 0 Å². The smallest absolute Gasteiger partial charge is 0.382 e. The van der Waals surface area contributed by atoms with Crippen molar-refractivity contribution in [3.05, 3.63) is 46.8 Å². The van der Waals surface area contributed by atoms with Crippen LogP contribution < -0.4 is 0 Å². The van der Waals surface area contributed by atoms with E-state index in [2.05, 4.69) is 10.1 Å². The molecule has 0 aliphatic heterocycles. The molecule has 0 saturated carbocycles. The largest absolute Gasteiger partial charge is 0.501 e. The van der Waals surface area contributed by atoms with Crippen molar-refractivity contribution >= 4 is 16.1 Å². The van der Waals surface area contributed by atoms with E-state index in [0.717, 1.165) is 6.07 Å². The first-order chi connectivity index (χ1) is 12.9. The van der Waals surface area contributed by atoms with Crippen molar-refractivity contribution in [3.8, 4) is 0 Å². The van der Waals surface area contributed by atoms with Gasteiger partial charge in [0.15, 0.2) is 0 Å². The van der Waals surface area contributed by atoms with E-state index in [1.54, 1.807) is 0 Å². The second-order valence-electron chi connectivity index (χ2n) is 6.26. The highest BCUT2D eigenvalue weighted by molar-refractivity contribution is 7.92. The molecule has 1 N–H and O–H groups in total. The van der Waals surface area contributed by atoms with E-state index in [-0.39, 0.29) is 17.7 Å². The van der Waals surface area contributed by atoms with Crippen molar-refractivity contribution in [1.29, 1.82) is 0 Å². The minimum atomic E-state index is -5.91. The van der Waals surface area contributed by atoms with Crippen molar-refractivity contribution in [2.45, 2.75) is 35.4 Å². The van der Waals surface area contributed by atoms with Gasteiger partial charge in [-0.15, -0.1) is 0 Å². The van der Waals surface area contributed by atoms with E-state index >= 15 is 0 Å². The summed E-state index contributed by atoms with van der Waals surface area (Å²) in [5.41, 5.74) is -6.18. The molecule has 6 nitrogen and oxygen atoms in total. The van der Waals surface area contributed by atoms with Crippen molar-refractivity contribution in [1.82, 2.24) is 9.78 Å². The topological polar surface area (TPSA) is 84.5 Å². The standard InChI is InChI=1S/C16H14F5N3O3S/c1-22-5-9-6-23-24(7-9)8-10-2-3-12(28(26,27)16(19,20)21)13-11(10)4-15(17,18)14(13)25/h2-3,5-7,14,25H,4,8H2,1H3/b22-5-/t14-/m0/s1. The molecular weight excluding hydrogens is 409 g/mol. The van der Waals surface area contributed by atoms with Gasteiger partial charge in [-0.3, -0.25) is 9.67 Å². The van der Waals surface area contributed by atoms with E-state index in [9.17, 15) is 35.5 Å². The summed E-state index contributed by atoms with van der Waals surface area (Å²) in [5, 5.41) is 13.9. The Kier molecular flexibility index (Phi) is 4.82. The Morgan fingerprint density at radius 1 is 1.39 bits per heavy atom. The van der Waals surface area contributed by atoms with Gasteiger partial charge < -0.3 is 5.11 Å². The van der Waals surface area contributed by atoms with Gasteiger partial charge in [0.25, 0.3) is 15.8 Å². The number of alkyl halides is 5. The summed E-state index contributed by atoms with van der Waals surface area (Å²) < 4.78 is 91.9. The van der Waals surface area contributed by atoms with Crippen LogP contribution in [0.2, 0.25) is 0 Å². The first-order valence-electron chi connectivity index (χ1n) is 7.85. The fourth-order valence-electron chi connectivity index (χ4n) is 3.10. The number of benzene rings is 1. The summed E-state index contributed by atoms with van der Waals surface area (Å²) in [6.07, 6.45) is 0.729. The molecule has 0 fully saturated rings. The van der Waals surface area contributed by atoms with E-state index in [1.165, 1.54) is 30.3 Å². The number of hydrogen-bond acceptors (Lipinski definition) is 5. The summed E-state index contributed by atoms with van der Waals surface area (Å²) in [4.78, 5) is 2.43. The number of aliphatic imine (C=N–C) groups is 1. The predicted octanol–water partition coefficient (Wildman–Crippen LogP) is 2.50. The highest BCUT2D eigenvalue weighted by Gasteiger charge is 2.54. The number of hydrogen-bond donors (Lipinski definition) is 1. The van der Waals surface area contributed by atoms with Gasteiger partial charge in [-0.1, -0.05) is 6.07 Å². The Bertz CT molecular complexity index is 1040. The van der Waals surface area contributed by atoms with Crippen LogP contribution in [0.3, 0.4) is 0 Å². The van der Waals surface area contributed by atoms with Gasteiger partial charge in [-0.25, -0.2) is 17.2 Å². The molecule has 1 aliphatic rings. The molecular formula is C16H14F5N3O3S. The second kappa shape index (κ2) is 6.62. The zero-order valence-corrected chi connectivity index (χ0v) is 15.1. The first-order valence-corrected chi connectivity index (χ1v) is 9.33. The summed E-state index contributed by atoms with van der Waals surface area (Å²) in [6, 6.07) is 1.63. The lowest BCUT2D eigenvalue weighted by Crippen LogP contribution is -2.26. The lowest BCUT2D eigenvalue weighted by molar-refractivity contribution is -0.0978. The number of sulfone groups is 1. The number of halogens is 5. The van der Waals surface area contributed by atoms with Gasteiger partial charge in [-0.05, 0) is 17.2 Å². The third-order valence-corrected chi connectivity index (χ3v) is 5.90. The van der Waals surface area contributed by atoms with Crippen LogP contribution in [-0.2, 0) is 22.8 Å². The maximum Gasteiger partial charge on any atom is 0.501 e. The summed E-state index contributed by atoms with van der Waals surface area (Å²) in [6.45, 7) is -0.102. The monoisotopic (exact) mass is 423 g/mol. The minimum absolute atomic E-state index is 0.102. The van der Waals surface area contributed by atoms with Crippen LogP contribution in [0.4, 0.5) is 22.0 Å². The molecule has 1 aliphatic carbocycles. The van der Waals surface area contributed by atoms with E-state index < -0.39 is 44.3 Å². The first kappa shape index (κ1) is 20.4. The molecule has 28 heavy (non-hydrogen) atoms. The fraction of sp³-hybridized carbons (Fsp3) is 0.375. The van der Waals surface area contributed by atoms with Gasteiger partial charge >= 0.3 is 5.51 Å². The second-order valence-corrected chi connectivity index (χ2v) is 8.17. The molecule has 1 heterocycles. The normalized spacial score (nSPS) is 19.3. The number of rotatable bonds is 4.